The number of aliphatic hydroxyl groups excluding tert-OH is 1. The highest BCUT2D eigenvalue weighted by Gasteiger charge is 2.24. The monoisotopic (exact) mass is 278 g/mol. The molecule has 1 unspecified atom stereocenters. The Balaban J connectivity index is 2.68. The fourth-order valence-electron chi connectivity index (χ4n) is 2.66. The van der Waals surface area contributed by atoms with E-state index in [0.29, 0.717) is 6.04 Å². The number of rotatable bonds is 7. The summed E-state index contributed by atoms with van der Waals surface area (Å²) in [5.74, 6) is 0. The molecule has 0 aliphatic carbocycles. The van der Waals surface area contributed by atoms with Crippen molar-refractivity contribution in [1.82, 2.24) is 5.32 Å². The van der Waals surface area contributed by atoms with Crippen LogP contribution in [0.3, 0.4) is 0 Å². The van der Waals surface area contributed by atoms with Gasteiger partial charge in [-0.05, 0) is 38.8 Å². The second-order valence-electron chi connectivity index (χ2n) is 6.48. The predicted octanol–water partition coefficient (Wildman–Crippen LogP) is 2.88. The lowest BCUT2D eigenvalue weighted by Gasteiger charge is -2.33. The average Bonchev–Trinajstić information content (AvgIpc) is 2.35. The Kier molecular flexibility index (Phi) is 6.03. The second-order valence-corrected chi connectivity index (χ2v) is 6.48. The first kappa shape index (κ1) is 17.0. The fraction of sp³-hybridized carbons (Fsp3) is 0.647. The van der Waals surface area contributed by atoms with E-state index in [4.69, 9.17) is 0 Å². The lowest BCUT2D eigenvalue weighted by atomic mass is 9.97. The minimum Gasteiger partial charge on any atom is -0.394 e. The molecule has 0 amide bonds. The molecule has 0 heterocycles. The van der Waals surface area contributed by atoms with Gasteiger partial charge in [-0.3, -0.25) is 0 Å². The number of aliphatic hydroxyl groups is 1. The summed E-state index contributed by atoms with van der Waals surface area (Å²) < 4.78 is 0. The lowest BCUT2D eigenvalue weighted by molar-refractivity contribution is 0.158. The van der Waals surface area contributed by atoms with Crippen LogP contribution in [0.1, 0.15) is 38.3 Å². The number of hydrogen-bond donors (Lipinski definition) is 2. The fourth-order valence-corrected chi connectivity index (χ4v) is 2.66. The molecule has 1 rings (SSSR count). The predicted molar refractivity (Wildman–Crippen MR) is 87.6 cm³/mol. The molecule has 114 valence electrons. The highest BCUT2D eigenvalue weighted by molar-refractivity contribution is 5.53. The SMILES string of the molecule is Cc1ccc(N(C)CCC(C)(CO)NC(C)C)c(C)c1. The van der Waals surface area contributed by atoms with Crippen LogP contribution >= 0.6 is 0 Å². The van der Waals surface area contributed by atoms with E-state index in [1.165, 1.54) is 16.8 Å². The Labute approximate surface area is 124 Å². The van der Waals surface area contributed by atoms with Crippen LogP contribution in [0.15, 0.2) is 18.2 Å². The summed E-state index contributed by atoms with van der Waals surface area (Å²) in [6.07, 6.45) is 0.908. The molecule has 0 fully saturated rings. The van der Waals surface area contributed by atoms with Gasteiger partial charge in [0.05, 0.1) is 6.61 Å². The van der Waals surface area contributed by atoms with Gasteiger partial charge in [-0.25, -0.2) is 0 Å². The first-order valence-corrected chi connectivity index (χ1v) is 7.44. The highest BCUT2D eigenvalue weighted by atomic mass is 16.3. The van der Waals surface area contributed by atoms with E-state index in [-0.39, 0.29) is 12.1 Å². The van der Waals surface area contributed by atoms with E-state index in [2.05, 4.69) is 70.1 Å². The summed E-state index contributed by atoms with van der Waals surface area (Å²) in [7, 11) is 2.12. The Hall–Kier alpha value is -1.06. The van der Waals surface area contributed by atoms with Crippen molar-refractivity contribution < 1.29 is 5.11 Å². The molecule has 1 aromatic rings. The molecule has 0 saturated heterocycles. The zero-order valence-corrected chi connectivity index (χ0v) is 13.8. The van der Waals surface area contributed by atoms with Crippen molar-refractivity contribution in [2.75, 3.05) is 25.1 Å². The van der Waals surface area contributed by atoms with Crippen molar-refractivity contribution in [3.8, 4) is 0 Å². The van der Waals surface area contributed by atoms with E-state index in [9.17, 15) is 5.11 Å². The van der Waals surface area contributed by atoms with E-state index < -0.39 is 0 Å². The summed E-state index contributed by atoms with van der Waals surface area (Å²) in [6.45, 7) is 11.7. The minimum absolute atomic E-state index is 0.159. The van der Waals surface area contributed by atoms with Crippen LogP contribution in [0.2, 0.25) is 0 Å². The molecule has 0 spiro atoms. The van der Waals surface area contributed by atoms with Crippen molar-refractivity contribution in [2.24, 2.45) is 0 Å². The normalized spacial score (nSPS) is 14.4. The average molecular weight is 278 g/mol. The maximum absolute atomic E-state index is 9.63. The van der Waals surface area contributed by atoms with E-state index in [1.807, 2.05) is 0 Å². The molecule has 0 radical (unpaired) electrons. The first-order valence-electron chi connectivity index (χ1n) is 7.44. The third-order valence-corrected chi connectivity index (χ3v) is 3.75. The maximum atomic E-state index is 9.63. The standard InChI is InChI=1S/C17H30N2O/c1-13(2)18-17(5,12-20)9-10-19(6)16-8-7-14(3)11-15(16)4/h7-8,11,13,18,20H,9-10,12H2,1-6H3. The number of hydrogen-bond acceptors (Lipinski definition) is 3. The molecule has 0 aromatic heterocycles. The van der Waals surface area contributed by atoms with E-state index in [1.54, 1.807) is 0 Å². The zero-order valence-electron chi connectivity index (χ0n) is 13.8. The zero-order chi connectivity index (χ0) is 15.3. The van der Waals surface area contributed by atoms with E-state index in [0.717, 1.165) is 13.0 Å². The molecule has 0 aliphatic rings. The van der Waals surface area contributed by atoms with Crippen molar-refractivity contribution in [2.45, 2.75) is 52.6 Å². The molecule has 3 heteroatoms. The van der Waals surface area contributed by atoms with Crippen LogP contribution in [0.4, 0.5) is 5.69 Å². The van der Waals surface area contributed by atoms with Crippen LogP contribution in [0.25, 0.3) is 0 Å². The Morgan fingerprint density at radius 1 is 1.30 bits per heavy atom. The van der Waals surface area contributed by atoms with Crippen molar-refractivity contribution in [3.05, 3.63) is 29.3 Å². The van der Waals surface area contributed by atoms with Crippen LogP contribution in [-0.4, -0.2) is 36.9 Å². The number of nitrogens with one attached hydrogen (secondary N) is 1. The molecule has 20 heavy (non-hydrogen) atoms. The lowest BCUT2D eigenvalue weighted by Crippen LogP contribution is -2.50. The van der Waals surface area contributed by atoms with Gasteiger partial charge in [0.1, 0.15) is 0 Å². The Morgan fingerprint density at radius 3 is 2.45 bits per heavy atom. The summed E-state index contributed by atoms with van der Waals surface area (Å²) in [5, 5.41) is 13.1. The Bertz CT molecular complexity index is 431. The van der Waals surface area contributed by atoms with Gasteiger partial charge in [-0.15, -0.1) is 0 Å². The van der Waals surface area contributed by atoms with Crippen LogP contribution in [0, 0.1) is 13.8 Å². The summed E-state index contributed by atoms with van der Waals surface area (Å²) in [5.41, 5.74) is 3.64. The third-order valence-electron chi connectivity index (χ3n) is 3.75. The minimum atomic E-state index is -0.221. The van der Waals surface area contributed by atoms with Gasteiger partial charge < -0.3 is 15.3 Å². The number of nitrogens with zero attached hydrogens (tertiary/aromatic N) is 1. The summed E-state index contributed by atoms with van der Waals surface area (Å²) in [6, 6.07) is 6.91. The van der Waals surface area contributed by atoms with Gasteiger partial charge in [-0.2, -0.15) is 0 Å². The second kappa shape index (κ2) is 7.09. The molecular weight excluding hydrogens is 248 g/mol. The molecule has 0 bridgehead atoms. The maximum Gasteiger partial charge on any atom is 0.0611 e. The molecule has 3 nitrogen and oxygen atoms in total. The number of anilines is 1. The molecule has 2 N–H and O–H groups in total. The van der Waals surface area contributed by atoms with Crippen LogP contribution in [0.5, 0.6) is 0 Å². The van der Waals surface area contributed by atoms with Crippen molar-refractivity contribution >= 4 is 5.69 Å². The van der Waals surface area contributed by atoms with E-state index >= 15 is 0 Å². The van der Waals surface area contributed by atoms with Gasteiger partial charge in [0.2, 0.25) is 0 Å². The Morgan fingerprint density at radius 2 is 1.95 bits per heavy atom. The highest BCUT2D eigenvalue weighted by Crippen LogP contribution is 2.21. The molecule has 1 aromatic carbocycles. The van der Waals surface area contributed by atoms with Gasteiger partial charge in [0, 0.05) is 30.9 Å². The van der Waals surface area contributed by atoms with Gasteiger partial charge in [0.25, 0.3) is 0 Å². The van der Waals surface area contributed by atoms with Gasteiger partial charge in [-0.1, -0.05) is 31.5 Å². The molecular formula is C17H30N2O. The smallest absolute Gasteiger partial charge is 0.0611 e. The quantitative estimate of drug-likeness (QED) is 0.805. The topological polar surface area (TPSA) is 35.5 Å². The molecule has 0 saturated carbocycles. The number of aryl methyl sites for hydroxylation is 2. The van der Waals surface area contributed by atoms with Crippen molar-refractivity contribution in [1.29, 1.82) is 0 Å². The van der Waals surface area contributed by atoms with Gasteiger partial charge in [0.15, 0.2) is 0 Å². The van der Waals surface area contributed by atoms with Crippen molar-refractivity contribution in [3.63, 3.8) is 0 Å². The molecule has 1 atom stereocenters. The number of benzene rings is 1. The largest absolute Gasteiger partial charge is 0.394 e. The van der Waals surface area contributed by atoms with Crippen LogP contribution < -0.4 is 10.2 Å². The third kappa shape index (κ3) is 4.80. The summed E-state index contributed by atoms with van der Waals surface area (Å²) in [4.78, 5) is 2.27. The summed E-state index contributed by atoms with van der Waals surface area (Å²) >= 11 is 0. The van der Waals surface area contributed by atoms with Gasteiger partial charge >= 0.3 is 0 Å². The van der Waals surface area contributed by atoms with Crippen LogP contribution in [-0.2, 0) is 0 Å². The first-order chi connectivity index (χ1) is 9.27. The molecule has 0 aliphatic heterocycles.